The van der Waals surface area contributed by atoms with Crippen molar-refractivity contribution in [2.45, 2.75) is 32.1 Å². The van der Waals surface area contributed by atoms with Gasteiger partial charge in [0.1, 0.15) is 0 Å². The Morgan fingerprint density at radius 1 is 1.32 bits per heavy atom. The largest absolute Gasteiger partial charge is 0.294 e. The summed E-state index contributed by atoms with van der Waals surface area (Å²) in [6.45, 7) is 2.52. The molecule has 2 rings (SSSR count). The van der Waals surface area contributed by atoms with Crippen molar-refractivity contribution < 1.29 is 4.79 Å². The predicted molar refractivity (Wildman–Crippen MR) is 79.6 cm³/mol. The molecule has 5 heteroatoms. The number of hydrogen-bond donors (Lipinski definition) is 1. The standard InChI is InChI=1S/C14H21N3OS/c18-14(16-15-11-13-7-6-10-19-13)12-17-8-4-2-1-3-5-9-17/h6-7,10-11H,1-5,8-9,12H2,(H,16,18)/b15-11+. The first-order chi connectivity index (χ1) is 9.34. The van der Waals surface area contributed by atoms with Crippen LogP contribution in [0.25, 0.3) is 0 Å². The molecule has 0 atom stereocenters. The maximum atomic E-state index is 11.8. The topological polar surface area (TPSA) is 44.7 Å². The van der Waals surface area contributed by atoms with Crippen LogP contribution >= 0.6 is 11.3 Å². The van der Waals surface area contributed by atoms with Crippen molar-refractivity contribution in [3.8, 4) is 0 Å². The first kappa shape index (κ1) is 14.2. The van der Waals surface area contributed by atoms with Gasteiger partial charge in [-0.15, -0.1) is 11.3 Å². The Balaban J connectivity index is 1.70. The normalized spacial score (nSPS) is 18.1. The summed E-state index contributed by atoms with van der Waals surface area (Å²) in [5, 5.41) is 5.97. The van der Waals surface area contributed by atoms with Crippen LogP contribution in [0.5, 0.6) is 0 Å². The Morgan fingerprint density at radius 3 is 2.74 bits per heavy atom. The second kappa shape index (κ2) is 8.07. The van der Waals surface area contributed by atoms with Crippen LogP contribution < -0.4 is 5.43 Å². The van der Waals surface area contributed by atoms with Gasteiger partial charge in [0.05, 0.1) is 12.8 Å². The first-order valence-electron chi connectivity index (χ1n) is 6.92. The third-order valence-electron chi connectivity index (χ3n) is 3.24. The number of carbonyl (C=O) groups is 1. The van der Waals surface area contributed by atoms with Crippen molar-refractivity contribution >= 4 is 23.5 Å². The van der Waals surface area contributed by atoms with Gasteiger partial charge in [-0.25, -0.2) is 5.43 Å². The van der Waals surface area contributed by atoms with Gasteiger partial charge in [-0.3, -0.25) is 9.69 Å². The van der Waals surface area contributed by atoms with Crippen LogP contribution in [-0.4, -0.2) is 36.7 Å². The van der Waals surface area contributed by atoms with Crippen LogP contribution in [0.4, 0.5) is 0 Å². The highest BCUT2D eigenvalue weighted by Crippen LogP contribution is 2.09. The van der Waals surface area contributed by atoms with Crippen LogP contribution in [-0.2, 0) is 4.79 Å². The van der Waals surface area contributed by atoms with Crippen molar-refractivity contribution in [1.82, 2.24) is 10.3 Å². The van der Waals surface area contributed by atoms with Gasteiger partial charge in [0.15, 0.2) is 0 Å². The minimum absolute atomic E-state index is 0.0200. The number of hydrogen-bond acceptors (Lipinski definition) is 4. The molecule has 0 aromatic carbocycles. The highest BCUT2D eigenvalue weighted by molar-refractivity contribution is 7.11. The summed E-state index contributed by atoms with van der Waals surface area (Å²) < 4.78 is 0. The molecule has 0 spiro atoms. The lowest BCUT2D eigenvalue weighted by atomic mass is 10.1. The van der Waals surface area contributed by atoms with E-state index in [-0.39, 0.29) is 5.91 Å². The summed E-state index contributed by atoms with van der Waals surface area (Å²) in [5.41, 5.74) is 2.60. The number of nitrogens with one attached hydrogen (secondary N) is 1. The van der Waals surface area contributed by atoms with E-state index >= 15 is 0 Å². The van der Waals surface area contributed by atoms with E-state index < -0.39 is 0 Å². The monoisotopic (exact) mass is 279 g/mol. The van der Waals surface area contributed by atoms with E-state index in [1.807, 2.05) is 17.5 Å². The van der Waals surface area contributed by atoms with Crippen LogP contribution in [0, 0.1) is 0 Å². The van der Waals surface area contributed by atoms with Crippen molar-refractivity contribution in [1.29, 1.82) is 0 Å². The Hall–Kier alpha value is -1.20. The lowest BCUT2D eigenvalue weighted by molar-refractivity contribution is -0.122. The summed E-state index contributed by atoms with van der Waals surface area (Å²) in [5.74, 6) is -0.0200. The van der Waals surface area contributed by atoms with Crippen molar-refractivity contribution in [2.24, 2.45) is 5.10 Å². The third kappa shape index (κ3) is 5.53. The van der Waals surface area contributed by atoms with Gasteiger partial charge in [0.2, 0.25) is 0 Å². The molecule has 1 aromatic heterocycles. The van der Waals surface area contributed by atoms with E-state index in [0.29, 0.717) is 6.54 Å². The van der Waals surface area contributed by atoms with Gasteiger partial charge in [-0.2, -0.15) is 5.10 Å². The molecule has 19 heavy (non-hydrogen) atoms. The van der Waals surface area contributed by atoms with Crippen LogP contribution in [0.1, 0.15) is 37.0 Å². The average Bonchev–Trinajstić information content (AvgIpc) is 2.85. The van der Waals surface area contributed by atoms with Crippen molar-refractivity contribution in [3.05, 3.63) is 22.4 Å². The minimum atomic E-state index is -0.0200. The van der Waals surface area contributed by atoms with Crippen molar-refractivity contribution in [2.75, 3.05) is 19.6 Å². The molecule has 4 nitrogen and oxygen atoms in total. The number of hydrazone groups is 1. The molecule has 1 fully saturated rings. The van der Waals surface area contributed by atoms with Crippen LogP contribution in [0.15, 0.2) is 22.6 Å². The van der Waals surface area contributed by atoms with Crippen LogP contribution in [0.2, 0.25) is 0 Å². The van der Waals surface area contributed by atoms with E-state index in [4.69, 9.17) is 0 Å². The molecule has 2 heterocycles. The fourth-order valence-corrected chi connectivity index (χ4v) is 2.83. The fourth-order valence-electron chi connectivity index (χ4n) is 2.24. The molecule has 1 aliphatic heterocycles. The number of rotatable bonds is 4. The smallest absolute Gasteiger partial charge is 0.254 e. The van der Waals surface area contributed by atoms with E-state index in [2.05, 4.69) is 15.4 Å². The molecule has 1 amide bonds. The van der Waals surface area contributed by atoms with Gasteiger partial charge in [-0.1, -0.05) is 25.3 Å². The molecule has 1 aliphatic rings. The zero-order chi connectivity index (χ0) is 13.3. The van der Waals surface area contributed by atoms with Gasteiger partial charge in [0.25, 0.3) is 5.91 Å². The Labute approximate surface area is 118 Å². The maximum Gasteiger partial charge on any atom is 0.254 e. The van der Waals surface area contributed by atoms with Gasteiger partial charge >= 0.3 is 0 Å². The fraction of sp³-hybridized carbons (Fsp3) is 0.571. The third-order valence-corrected chi connectivity index (χ3v) is 4.05. The Morgan fingerprint density at radius 2 is 2.05 bits per heavy atom. The molecule has 0 unspecified atom stereocenters. The average molecular weight is 279 g/mol. The van der Waals surface area contributed by atoms with E-state index in [1.165, 1.54) is 32.1 Å². The van der Waals surface area contributed by atoms with Gasteiger partial charge in [-0.05, 0) is 37.4 Å². The number of thiophene rings is 1. The summed E-state index contributed by atoms with van der Waals surface area (Å²) in [6, 6.07) is 3.94. The molecule has 1 saturated heterocycles. The van der Waals surface area contributed by atoms with Crippen LogP contribution in [0.3, 0.4) is 0 Å². The number of likely N-dealkylation sites (tertiary alicyclic amines) is 1. The first-order valence-corrected chi connectivity index (χ1v) is 7.80. The number of amides is 1. The zero-order valence-corrected chi connectivity index (χ0v) is 12.0. The summed E-state index contributed by atoms with van der Waals surface area (Å²) >= 11 is 1.60. The second-order valence-corrected chi connectivity index (χ2v) is 5.83. The maximum absolute atomic E-state index is 11.8. The zero-order valence-electron chi connectivity index (χ0n) is 11.2. The molecule has 0 radical (unpaired) electrons. The molecular weight excluding hydrogens is 258 g/mol. The lowest BCUT2D eigenvalue weighted by Crippen LogP contribution is -2.37. The van der Waals surface area contributed by atoms with Crippen molar-refractivity contribution in [3.63, 3.8) is 0 Å². The van der Waals surface area contributed by atoms with Gasteiger partial charge in [0, 0.05) is 4.88 Å². The highest BCUT2D eigenvalue weighted by Gasteiger charge is 2.11. The SMILES string of the molecule is O=C(CN1CCCCCCC1)N/N=C/c1cccs1. The van der Waals surface area contributed by atoms with E-state index in [0.717, 1.165) is 18.0 Å². The minimum Gasteiger partial charge on any atom is -0.294 e. The molecule has 0 bridgehead atoms. The molecule has 1 aromatic rings. The van der Waals surface area contributed by atoms with E-state index in [9.17, 15) is 4.79 Å². The summed E-state index contributed by atoms with van der Waals surface area (Å²) in [7, 11) is 0. The second-order valence-electron chi connectivity index (χ2n) is 4.85. The number of carbonyl (C=O) groups excluding carboxylic acids is 1. The molecule has 104 valence electrons. The summed E-state index contributed by atoms with van der Waals surface area (Å²) in [4.78, 5) is 15.1. The quantitative estimate of drug-likeness (QED) is 0.680. The Kier molecular flexibility index (Phi) is 6.04. The molecular formula is C14H21N3OS. The van der Waals surface area contributed by atoms with E-state index in [1.54, 1.807) is 17.6 Å². The van der Waals surface area contributed by atoms with Gasteiger partial charge < -0.3 is 0 Å². The molecule has 0 saturated carbocycles. The Bertz CT molecular complexity index is 395. The highest BCUT2D eigenvalue weighted by atomic mass is 32.1. The number of nitrogens with zero attached hydrogens (tertiary/aromatic N) is 2. The molecule has 0 aliphatic carbocycles. The lowest BCUT2D eigenvalue weighted by Gasteiger charge is -2.23. The molecule has 1 N–H and O–H groups in total. The predicted octanol–water partition coefficient (Wildman–Crippen LogP) is 2.46. The summed E-state index contributed by atoms with van der Waals surface area (Å²) in [6.07, 6.45) is 8.00.